The maximum Gasteiger partial charge on any atom is 0.252 e. The Balaban J connectivity index is 1.63. The zero-order chi connectivity index (χ0) is 16.8. The molecule has 0 unspecified atom stereocenters. The maximum absolute atomic E-state index is 12.7. The number of aromatic nitrogens is 2. The third-order valence-corrected chi connectivity index (χ3v) is 5.53. The highest BCUT2D eigenvalue weighted by Crippen LogP contribution is 2.27. The van der Waals surface area contributed by atoms with Crippen molar-refractivity contribution in [3.8, 4) is 0 Å². The normalized spacial score (nSPS) is 20.5. The van der Waals surface area contributed by atoms with E-state index in [1.54, 1.807) is 30.2 Å². The Morgan fingerprint density at radius 1 is 1.12 bits per heavy atom. The number of rotatable bonds is 5. The lowest BCUT2D eigenvalue weighted by Gasteiger charge is -2.27. The van der Waals surface area contributed by atoms with Crippen molar-refractivity contribution in [1.29, 1.82) is 0 Å². The number of benzene rings is 1. The summed E-state index contributed by atoms with van der Waals surface area (Å²) in [7, 11) is 0. The monoisotopic (exact) mass is 341 g/mol. The van der Waals surface area contributed by atoms with Crippen molar-refractivity contribution in [3.05, 3.63) is 54.1 Å². The molecule has 0 aliphatic heterocycles. The summed E-state index contributed by atoms with van der Waals surface area (Å²) in [6.07, 6.45) is 8.05. The Hall–Kier alpha value is -1.88. The van der Waals surface area contributed by atoms with E-state index in [1.807, 2.05) is 24.3 Å². The van der Waals surface area contributed by atoms with Crippen molar-refractivity contribution in [1.82, 2.24) is 15.3 Å². The van der Waals surface area contributed by atoms with E-state index >= 15 is 0 Å². The Morgan fingerprint density at radius 2 is 1.83 bits per heavy atom. The summed E-state index contributed by atoms with van der Waals surface area (Å²) in [4.78, 5) is 22.1. The highest BCUT2D eigenvalue weighted by atomic mass is 32.2. The van der Waals surface area contributed by atoms with Gasteiger partial charge in [-0.2, -0.15) is 0 Å². The first-order chi connectivity index (χ1) is 11.7. The Labute approximate surface area is 147 Å². The van der Waals surface area contributed by atoms with E-state index < -0.39 is 0 Å². The van der Waals surface area contributed by atoms with Crippen LogP contribution in [0.4, 0.5) is 0 Å². The first kappa shape index (κ1) is 17.0. The van der Waals surface area contributed by atoms with Gasteiger partial charge in [0.05, 0.1) is 11.3 Å². The molecular formula is C19H23N3OS. The predicted molar refractivity (Wildman–Crippen MR) is 96.9 cm³/mol. The van der Waals surface area contributed by atoms with Crippen molar-refractivity contribution >= 4 is 17.7 Å². The Morgan fingerprint density at radius 3 is 2.58 bits per heavy atom. The number of amides is 1. The van der Waals surface area contributed by atoms with Crippen LogP contribution in [-0.2, 0) is 5.75 Å². The fourth-order valence-corrected chi connectivity index (χ4v) is 3.92. The summed E-state index contributed by atoms with van der Waals surface area (Å²) in [5.74, 6) is 2.25. The molecule has 1 aromatic carbocycles. The van der Waals surface area contributed by atoms with E-state index in [-0.39, 0.29) is 5.91 Å². The van der Waals surface area contributed by atoms with Gasteiger partial charge in [0, 0.05) is 23.3 Å². The van der Waals surface area contributed by atoms with Crippen molar-refractivity contribution in [2.75, 3.05) is 0 Å². The summed E-state index contributed by atoms with van der Waals surface area (Å²) in [5, 5.41) is 3.21. The molecule has 126 valence electrons. The van der Waals surface area contributed by atoms with Crippen LogP contribution < -0.4 is 5.32 Å². The minimum atomic E-state index is 0.0339. The molecule has 3 rings (SSSR count). The SMILES string of the molecule is CC1CCC(NC(=O)c2ccccc2SCc2ncccn2)CC1. The number of hydrogen-bond donors (Lipinski definition) is 1. The lowest BCUT2D eigenvalue weighted by atomic mass is 9.87. The molecule has 4 nitrogen and oxygen atoms in total. The quantitative estimate of drug-likeness (QED) is 0.833. The maximum atomic E-state index is 12.7. The number of carbonyl (C=O) groups excluding carboxylic acids is 1. The number of carbonyl (C=O) groups is 1. The van der Waals surface area contributed by atoms with Gasteiger partial charge in [0.15, 0.2) is 0 Å². The standard InChI is InChI=1S/C19H23N3OS/c1-14-7-9-15(10-8-14)22-19(23)16-5-2-3-6-17(16)24-13-18-20-11-4-12-21-18/h2-6,11-12,14-15H,7-10,13H2,1H3,(H,22,23). The topological polar surface area (TPSA) is 54.9 Å². The molecule has 24 heavy (non-hydrogen) atoms. The van der Waals surface area contributed by atoms with E-state index in [1.165, 1.54) is 12.8 Å². The third-order valence-electron chi connectivity index (χ3n) is 4.46. The fraction of sp³-hybridized carbons (Fsp3) is 0.421. The van der Waals surface area contributed by atoms with Crippen LogP contribution in [0.2, 0.25) is 0 Å². The molecule has 2 aromatic rings. The van der Waals surface area contributed by atoms with Gasteiger partial charge in [-0.15, -0.1) is 11.8 Å². The fourth-order valence-electron chi connectivity index (χ4n) is 2.99. The largest absolute Gasteiger partial charge is 0.349 e. The molecule has 0 saturated heterocycles. The molecule has 1 amide bonds. The summed E-state index contributed by atoms with van der Waals surface area (Å²) in [6, 6.07) is 9.89. The molecule has 0 spiro atoms. The molecule has 1 aliphatic carbocycles. The molecule has 0 atom stereocenters. The van der Waals surface area contributed by atoms with Gasteiger partial charge < -0.3 is 5.32 Å². The summed E-state index contributed by atoms with van der Waals surface area (Å²) in [6.45, 7) is 2.29. The van der Waals surface area contributed by atoms with Crippen molar-refractivity contribution in [2.24, 2.45) is 5.92 Å². The van der Waals surface area contributed by atoms with Crippen LogP contribution in [0.5, 0.6) is 0 Å². The number of hydrogen-bond acceptors (Lipinski definition) is 4. The van der Waals surface area contributed by atoms with Gasteiger partial charge in [-0.1, -0.05) is 19.1 Å². The van der Waals surface area contributed by atoms with Crippen molar-refractivity contribution in [3.63, 3.8) is 0 Å². The van der Waals surface area contributed by atoms with Gasteiger partial charge in [0.1, 0.15) is 5.82 Å². The minimum absolute atomic E-state index is 0.0339. The predicted octanol–water partition coefficient (Wildman–Crippen LogP) is 4.08. The molecule has 1 aliphatic rings. The second-order valence-corrected chi connectivity index (χ2v) is 7.40. The average Bonchev–Trinajstić information content (AvgIpc) is 2.63. The van der Waals surface area contributed by atoms with Crippen molar-refractivity contribution < 1.29 is 4.79 Å². The lowest BCUT2D eigenvalue weighted by Crippen LogP contribution is -2.37. The van der Waals surface area contributed by atoms with Crippen LogP contribution in [0.25, 0.3) is 0 Å². The van der Waals surface area contributed by atoms with E-state index in [0.717, 1.165) is 35.0 Å². The molecule has 1 saturated carbocycles. The smallest absolute Gasteiger partial charge is 0.252 e. The van der Waals surface area contributed by atoms with Crippen LogP contribution in [0.1, 0.15) is 48.8 Å². The first-order valence-corrected chi connectivity index (χ1v) is 9.49. The lowest BCUT2D eigenvalue weighted by molar-refractivity contribution is 0.0920. The Kier molecular flexibility index (Phi) is 5.86. The third kappa shape index (κ3) is 4.57. The number of nitrogens with zero attached hydrogens (tertiary/aromatic N) is 2. The molecule has 1 heterocycles. The zero-order valence-corrected chi connectivity index (χ0v) is 14.8. The van der Waals surface area contributed by atoms with Crippen molar-refractivity contribution in [2.45, 2.75) is 49.3 Å². The van der Waals surface area contributed by atoms with Crippen LogP contribution >= 0.6 is 11.8 Å². The zero-order valence-electron chi connectivity index (χ0n) is 13.9. The highest BCUT2D eigenvalue weighted by molar-refractivity contribution is 7.98. The summed E-state index contributed by atoms with van der Waals surface area (Å²) < 4.78 is 0. The van der Waals surface area contributed by atoms with Crippen LogP contribution in [0.15, 0.2) is 47.6 Å². The van der Waals surface area contributed by atoms with Crippen LogP contribution in [0.3, 0.4) is 0 Å². The van der Waals surface area contributed by atoms with E-state index in [4.69, 9.17) is 0 Å². The number of thioether (sulfide) groups is 1. The molecule has 0 bridgehead atoms. The Bertz CT molecular complexity index is 669. The van der Waals surface area contributed by atoms with Crippen LogP contribution in [-0.4, -0.2) is 21.9 Å². The van der Waals surface area contributed by atoms with E-state index in [0.29, 0.717) is 11.8 Å². The molecule has 1 N–H and O–H groups in total. The molecule has 1 fully saturated rings. The van der Waals surface area contributed by atoms with Gasteiger partial charge in [-0.3, -0.25) is 4.79 Å². The summed E-state index contributed by atoms with van der Waals surface area (Å²) >= 11 is 1.61. The minimum Gasteiger partial charge on any atom is -0.349 e. The second kappa shape index (κ2) is 8.29. The van der Waals surface area contributed by atoms with Gasteiger partial charge in [0.2, 0.25) is 0 Å². The molecular weight excluding hydrogens is 318 g/mol. The molecule has 5 heteroatoms. The average molecular weight is 341 g/mol. The van der Waals surface area contributed by atoms with E-state index in [2.05, 4.69) is 22.2 Å². The first-order valence-electron chi connectivity index (χ1n) is 8.51. The summed E-state index contributed by atoms with van der Waals surface area (Å²) in [5.41, 5.74) is 0.747. The van der Waals surface area contributed by atoms with Gasteiger partial charge in [-0.25, -0.2) is 9.97 Å². The van der Waals surface area contributed by atoms with Gasteiger partial charge in [0.25, 0.3) is 5.91 Å². The second-order valence-electron chi connectivity index (χ2n) is 6.38. The molecule has 1 aromatic heterocycles. The van der Waals surface area contributed by atoms with E-state index in [9.17, 15) is 4.79 Å². The highest BCUT2D eigenvalue weighted by Gasteiger charge is 2.21. The molecule has 0 radical (unpaired) electrons. The van der Waals surface area contributed by atoms with Gasteiger partial charge in [-0.05, 0) is 49.8 Å². The van der Waals surface area contributed by atoms with Gasteiger partial charge >= 0.3 is 0 Å². The number of nitrogens with one attached hydrogen (secondary N) is 1. The van der Waals surface area contributed by atoms with Crippen LogP contribution in [0, 0.1) is 5.92 Å².